The molecule has 1 heterocycles. The first-order valence-corrected chi connectivity index (χ1v) is 9.03. The highest BCUT2D eigenvalue weighted by Crippen LogP contribution is 2.47. The van der Waals surface area contributed by atoms with Crippen molar-refractivity contribution >= 4 is 5.69 Å². The van der Waals surface area contributed by atoms with Crippen LogP contribution in [-0.2, 0) is 4.74 Å². The van der Waals surface area contributed by atoms with Crippen molar-refractivity contribution < 1.29 is 4.74 Å². The Kier molecular flexibility index (Phi) is 3.57. The molecule has 0 aromatic heterocycles. The van der Waals surface area contributed by atoms with Crippen LogP contribution in [-0.4, -0.2) is 26.3 Å². The fourth-order valence-corrected chi connectivity index (χ4v) is 4.21. The number of hydrogen-bond acceptors (Lipinski definition) is 2. The van der Waals surface area contributed by atoms with Crippen LogP contribution < -0.4 is 4.90 Å². The van der Waals surface area contributed by atoms with E-state index in [0.717, 1.165) is 26.3 Å². The number of fused-ring (bicyclic) bond motifs is 3. The standard InChI is InChI=1S/C23H21NO/c1-3-7-21-19(5-1)20-6-2-4-8-22(20)23(21)17-9-11-18(12-10-17)24-13-15-25-16-14-24/h1-12,23H,13-16H2. The molecule has 0 unspecified atom stereocenters. The number of rotatable bonds is 2. The molecule has 5 rings (SSSR count). The highest BCUT2D eigenvalue weighted by atomic mass is 16.5. The topological polar surface area (TPSA) is 12.5 Å². The molecule has 0 radical (unpaired) electrons. The first kappa shape index (κ1) is 14.7. The third kappa shape index (κ3) is 2.45. The predicted molar refractivity (Wildman–Crippen MR) is 102 cm³/mol. The summed E-state index contributed by atoms with van der Waals surface area (Å²) in [7, 11) is 0. The van der Waals surface area contributed by atoms with Gasteiger partial charge in [0, 0.05) is 24.7 Å². The van der Waals surface area contributed by atoms with Crippen LogP contribution in [0.15, 0.2) is 72.8 Å². The van der Waals surface area contributed by atoms with Gasteiger partial charge in [-0.3, -0.25) is 0 Å². The predicted octanol–water partition coefficient (Wildman–Crippen LogP) is 4.68. The highest BCUT2D eigenvalue weighted by molar-refractivity contribution is 5.80. The zero-order valence-corrected chi connectivity index (χ0v) is 14.2. The normalized spacial score (nSPS) is 16.6. The van der Waals surface area contributed by atoms with E-state index in [2.05, 4.69) is 77.7 Å². The van der Waals surface area contributed by atoms with Crippen molar-refractivity contribution in [3.05, 3.63) is 89.5 Å². The van der Waals surface area contributed by atoms with Gasteiger partial charge in [0.05, 0.1) is 13.2 Å². The lowest BCUT2D eigenvalue weighted by molar-refractivity contribution is 0.122. The molecule has 3 aromatic carbocycles. The van der Waals surface area contributed by atoms with Crippen LogP contribution >= 0.6 is 0 Å². The average Bonchev–Trinajstić information content (AvgIpc) is 3.03. The molecule has 0 bridgehead atoms. The Morgan fingerprint density at radius 2 is 1.24 bits per heavy atom. The van der Waals surface area contributed by atoms with Crippen molar-refractivity contribution in [2.24, 2.45) is 0 Å². The van der Waals surface area contributed by atoms with Crippen LogP contribution in [0.2, 0.25) is 0 Å². The molecule has 0 saturated carbocycles. The largest absolute Gasteiger partial charge is 0.378 e. The molecule has 2 nitrogen and oxygen atoms in total. The lowest BCUT2D eigenvalue weighted by Gasteiger charge is -2.29. The van der Waals surface area contributed by atoms with E-state index < -0.39 is 0 Å². The Balaban J connectivity index is 1.55. The minimum Gasteiger partial charge on any atom is -0.378 e. The van der Waals surface area contributed by atoms with E-state index in [1.165, 1.54) is 33.5 Å². The van der Waals surface area contributed by atoms with Crippen molar-refractivity contribution in [3.8, 4) is 11.1 Å². The van der Waals surface area contributed by atoms with Gasteiger partial charge >= 0.3 is 0 Å². The van der Waals surface area contributed by atoms with Crippen LogP contribution in [0.3, 0.4) is 0 Å². The highest BCUT2D eigenvalue weighted by Gasteiger charge is 2.29. The van der Waals surface area contributed by atoms with Crippen LogP contribution in [0.5, 0.6) is 0 Å². The van der Waals surface area contributed by atoms with E-state index in [-0.39, 0.29) is 0 Å². The summed E-state index contributed by atoms with van der Waals surface area (Å²) in [6.45, 7) is 3.61. The summed E-state index contributed by atoms with van der Waals surface area (Å²) in [4.78, 5) is 2.41. The molecule has 1 fully saturated rings. The van der Waals surface area contributed by atoms with Gasteiger partial charge in [-0.1, -0.05) is 60.7 Å². The SMILES string of the molecule is c1ccc2c(c1)-c1ccccc1C2c1ccc(N2CCOCC2)cc1. The van der Waals surface area contributed by atoms with Crippen molar-refractivity contribution in [3.63, 3.8) is 0 Å². The van der Waals surface area contributed by atoms with E-state index in [4.69, 9.17) is 4.74 Å². The zero-order valence-electron chi connectivity index (χ0n) is 14.2. The first-order chi connectivity index (χ1) is 12.4. The fourth-order valence-electron chi connectivity index (χ4n) is 4.21. The van der Waals surface area contributed by atoms with Gasteiger partial charge in [-0.05, 0) is 39.9 Å². The third-order valence-electron chi connectivity index (χ3n) is 5.44. The molecular weight excluding hydrogens is 306 g/mol. The Labute approximate surface area is 148 Å². The Morgan fingerprint density at radius 3 is 1.84 bits per heavy atom. The van der Waals surface area contributed by atoms with E-state index >= 15 is 0 Å². The van der Waals surface area contributed by atoms with E-state index in [0.29, 0.717) is 5.92 Å². The van der Waals surface area contributed by atoms with E-state index in [9.17, 15) is 0 Å². The molecular formula is C23H21NO. The summed E-state index contributed by atoms with van der Waals surface area (Å²) in [6, 6.07) is 26.8. The number of benzene rings is 3. The maximum atomic E-state index is 5.46. The van der Waals surface area contributed by atoms with E-state index in [1.807, 2.05) is 0 Å². The van der Waals surface area contributed by atoms with Crippen LogP contribution in [0.1, 0.15) is 22.6 Å². The van der Waals surface area contributed by atoms with Gasteiger partial charge in [0.1, 0.15) is 0 Å². The second-order valence-electron chi connectivity index (χ2n) is 6.80. The molecule has 1 saturated heterocycles. The fraction of sp³-hybridized carbons (Fsp3) is 0.217. The van der Waals surface area contributed by atoms with Crippen molar-refractivity contribution in [1.29, 1.82) is 0 Å². The van der Waals surface area contributed by atoms with Crippen LogP contribution in [0, 0.1) is 0 Å². The van der Waals surface area contributed by atoms with Gasteiger partial charge in [-0.25, -0.2) is 0 Å². The van der Waals surface area contributed by atoms with Gasteiger partial charge in [-0.15, -0.1) is 0 Å². The quantitative estimate of drug-likeness (QED) is 0.530. The third-order valence-corrected chi connectivity index (χ3v) is 5.44. The average molecular weight is 327 g/mol. The summed E-state index contributed by atoms with van der Waals surface area (Å²) < 4.78 is 5.46. The van der Waals surface area contributed by atoms with Gasteiger partial charge in [0.2, 0.25) is 0 Å². The summed E-state index contributed by atoms with van der Waals surface area (Å²) in [5.41, 5.74) is 8.26. The van der Waals surface area contributed by atoms with Crippen LogP contribution in [0.25, 0.3) is 11.1 Å². The van der Waals surface area contributed by atoms with Crippen molar-refractivity contribution in [1.82, 2.24) is 0 Å². The Hall–Kier alpha value is -2.58. The van der Waals surface area contributed by atoms with Crippen molar-refractivity contribution in [2.45, 2.75) is 5.92 Å². The summed E-state index contributed by atoms with van der Waals surface area (Å²) in [6.07, 6.45) is 0. The second kappa shape index (κ2) is 6.05. The summed E-state index contributed by atoms with van der Waals surface area (Å²) in [5.74, 6) is 0.339. The first-order valence-electron chi connectivity index (χ1n) is 9.03. The minimum atomic E-state index is 0.339. The lowest BCUT2D eigenvalue weighted by atomic mass is 9.89. The molecule has 0 atom stereocenters. The Morgan fingerprint density at radius 1 is 0.680 bits per heavy atom. The molecule has 0 N–H and O–H groups in total. The van der Waals surface area contributed by atoms with Crippen LogP contribution in [0.4, 0.5) is 5.69 Å². The number of morpholine rings is 1. The molecule has 1 aliphatic heterocycles. The molecule has 25 heavy (non-hydrogen) atoms. The molecule has 2 aliphatic rings. The molecule has 2 heteroatoms. The number of nitrogens with zero attached hydrogens (tertiary/aromatic N) is 1. The van der Waals surface area contributed by atoms with Gasteiger partial charge < -0.3 is 9.64 Å². The maximum absolute atomic E-state index is 5.46. The van der Waals surface area contributed by atoms with Gasteiger partial charge in [0.15, 0.2) is 0 Å². The Bertz CT molecular complexity index is 848. The number of anilines is 1. The van der Waals surface area contributed by atoms with E-state index in [1.54, 1.807) is 0 Å². The maximum Gasteiger partial charge on any atom is 0.0642 e. The molecule has 124 valence electrons. The molecule has 1 aliphatic carbocycles. The van der Waals surface area contributed by atoms with Crippen molar-refractivity contribution in [2.75, 3.05) is 31.2 Å². The van der Waals surface area contributed by atoms with Gasteiger partial charge in [0.25, 0.3) is 0 Å². The molecule has 0 spiro atoms. The second-order valence-corrected chi connectivity index (χ2v) is 6.80. The lowest BCUT2D eigenvalue weighted by Crippen LogP contribution is -2.36. The summed E-state index contributed by atoms with van der Waals surface area (Å²) >= 11 is 0. The number of hydrogen-bond donors (Lipinski definition) is 0. The molecule has 0 amide bonds. The monoisotopic (exact) mass is 327 g/mol. The smallest absolute Gasteiger partial charge is 0.0642 e. The minimum absolute atomic E-state index is 0.339. The summed E-state index contributed by atoms with van der Waals surface area (Å²) in [5, 5.41) is 0. The van der Waals surface area contributed by atoms with Gasteiger partial charge in [-0.2, -0.15) is 0 Å². The molecule has 3 aromatic rings. The number of ether oxygens (including phenoxy) is 1. The zero-order chi connectivity index (χ0) is 16.6.